The molecule has 2 fully saturated rings. The van der Waals surface area contributed by atoms with Gasteiger partial charge in [-0.2, -0.15) is 0 Å². The van der Waals surface area contributed by atoms with E-state index in [0.717, 1.165) is 24.9 Å². The van der Waals surface area contributed by atoms with Crippen LogP contribution >= 0.6 is 0 Å². The molecule has 0 aromatic heterocycles. The van der Waals surface area contributed by atoms with Crippen molar-refractivity contribution in [1.82, 2.24) is 15.5 Å². The van der Waals surface area contributed by atoms with Gasteiger partial charge in [0, 0.05) is 37.5 Å². The van der Waals surface area contributed by atoms with Gasteiger partial charge >= 0.3 is 0 Å². The molecule has 1 aromatic carbocycles. The topological polar surface area (TPSA) is 61.4 Å². The smallest absolute Gasteiger partial charge is 0.225 e. The third-order valence-corrected chi connectivity index (χ3v) is 5.85. The minimum absolute atomic E-state index is 0.00132. The number of likely N-dealkylation sites (tertiary alicyclic amines) is 1. The first kappa shape index (κ1) is 19.8. The van der Waals surface area contributed by atoms with Crippen molar-refractivity contribution in [2.24, 2.45) is 11.8 Å². The second kappa shape index (κ2) is 8.83. The number of nitrogens with one attached hydrogen (secondary N) is 2. The second-order valence-corrected chi connectivity index (χ2v) is 7.98. The molecule has 27 heavy (non-hydrogen) atoms. The fraction of sp³-hybridized carbons (Fsp3) is 0.619. The highest BCUT2D eigenvalue weighted by Gasteiger charge is 2.32. The molecule has 0 spiro atoms. The van der Waals surface area contributed by atoms with Crippen molar-refractivity contribution in [3.05, 3.63) is 35.1 Å². The number of hydrogen-bond donors (Lipinski definition) is 2. The van der Waals surface area contributed by atoms with E-state index >= 15 is 0 Å². The van der Waals surface area contributed by atoms with Gasteiger partial charge in [0.25, 0.3) is 0 Å². The van der Waals surface area contributed by atoms with Crippen molar-refractivity contribution in [3.63, 3.8) is 0 Å². The summed E-state index contributed by atoms with van der Waals surface area (Å²) < 4.78 is 13.6. The van der Waals surface area contributed by atoms with E-state index in [1.165, 1.54) is 6.07 Å². The number of hydrogen-bond acceptors (Lipinski definition) is 3. The van der Waals surface area contributed by atoms with Crippen molar-refractivity contribution in [1.29, 1.82) is 0 Å². The summed E-state index contributed by atoms with van der Waals surface area (Å²) >= 11 is 0. The van der Waals surface area contributed by atoms with Gasteiger partial charge in [-0.25, -0.2) is 4.39 Å². The summed E-state index contributed by atoms with van der Waals surface area (Å²) in [6.07, 6.45) is 3.18. The lowest BCUT2D eigenvalue weighted by Gasteiger charge is -2.36. The highest BCUT2D eigenvalue weighted by molar-refractivity contribution is 5.81. The maximum absolute atomic E-state index is 13.6. The van der Waals surface area contributed by atoms with Crippen LogP contribution in [0.15, 0.2) is 18.2 Å². The predicted octanol–water partition coefficient (Wildman–Crippen LogP) is 2.38. The van der Waals surface area contributed by atoms with Crippen LogP contribution in [-0.2, 0) is 16.1 Å². The second-order valence-electron chi connectivity index (χ2n) is 7.98. The number of amides is 2. The molecule has 148 valence electrons. The molecule has 2 saturated heterocycles. The van der Waals surface area contributed by atoms with Crippen molar-refractivity contribution in [3.8, 4) is 0 Å². The number of nitrogens with zero attached hydrogens (tertiary/aromatic N) is 1. The van der Waals surface area contributed by atoms with Gasteiger partial charge in [-0.1, -0.05) is 12.1 Å². The molecule has 3 rings (SSSR count). The van der Waals surface area contributed by atoms with Crippen molar-refractivity contribution >= 4 is 11.8 Å². The number of halogens is 1. The largest absolute Gasteiger partial charge is 0.352 e. The first-order valence-electron chi connectivity index (χ1n) is 9.99. The van der Waals surface area contributed by atoms with Crippen LogP contribution in [-0.4, -0.2) is 42.4 Å². The van der Waals surface area contributed by atoms with Crippen LogP contribution < -0.4 is 10.6 Å². The lowest BCUT2D eigenvalue weighted by Crippen LogP contribution is -2.48. The Labute approximate surface area is 160 Å². The Bertz CT molecular complexity index is 686. The lowest BCUT2D eigenvalue weighted by atomic mass is 9.90. The Morgan fingerprint density at radius 3 is 2.63 bits per heavy atom. The SMILES string of the molecule is Cc1ccc(CNC(=O)C2CCN(C(=O)[C@H]3CCN[C@@H](C)C3)CC2)cc1F. The monoisotopic (exact) mass is 375 g/mol. The normalized spacial score (nSPS) is 23.9. The highest BCUT2D eigenvalue weighted by Crippen LogP contribution is 2.23. The van der Waals surface area contributed by atoms with E-state index in [1.807, 2.05) is 11.0 Å². The van der Waals surface area contributed by atoms with Crippen molar-refractivity contribution in [2.75, 3.05) is 19.6 Å². The standard InChI is InChI=1S/C21H30FN3O2/c1-14-3-4-16(12-19(14)22)13-24-20(26)17-6-9-25(10-7-17)21(27)18-5-8-23-15(2)11-18/h3-4,12,15,17-18,23H,5-11,13H2,1-2H3,(H,24,26)/t15-,18-/m0/s1. The van der Waals surface area contributed by atoms with Gasteiger partial charge < -0.3 is 15.5 Å². The molecule has 1 aromatic rings. The molecular formula is C21H30FN3O2. The lowest BCUT2D eigenvalue weighted by molar-refractivity contribution is -0.140. The summed E-state index contributed by atoms with van der Waals surface area (Å²) in [5.74, 6) is 0.0380. The number of benzene rings is 1. The maximum Gasteiger partial charge on any atom is 0.225 e. The van der Waals surface area contributed by atoms with Gasteiger partial charge in [-0.3, -0.25) is 9.59 Å². The first-order valence-corrected chi connectivity index (χ1v) is 9.99. The summed E-state index contributed by atoms with van der Waals surface area (Å²) in [5.41, 5.74) is 1.37. The summed E-state index contributed by atoms with van der Waals surface area (Å²) in [6.45, 7) is 6.37. The van der Waals surface area contributed by atoms with Crippen LogP contribution in [0.1, 0.15) is 43.7 Å². The van der Waals surface area contributed by atoms with Crippen LogP contribution in [0.5, 0.6) is 0 Å². The maximum atomic E-state index is 13.6. The van der Waals surface area contributed by atoms with Crippen LogP contribution in [0.25, 0.3) is 0 Å². The number of carbonyl (C=O) groups excluding carboxylic acids is 2. The van der Waals surface area contributed by atoms with E-state index in [-0.39, 0.29) is 29.5 Å². The van der Waals surface area contributed by atoms with Gasteiger partial charge in [-0.05, 0) is 63.3 Å². The van der Waals surface area contributed by atoms with E-state index < -0.39 is 0 Å². The zero-order valence-corrected chi connectivity index (χ0v) is 16.3. The predicted molar refractivity (Wildman–Crippen MR) is 102 cm³/mol. The fourth-order valence-electron chi connectivity index (χ4n) is 4.06. The Morgan fingerprint density at radius 2 is 1.96 bits per heavy atom. The molecule has 0 bridgehead atoms. The summed E-state index contributed by atoms with van der Waals surface area (Å²) in [6, 6.07) is 5.42. The van der Waals surface area contributed by atoms with Gasteiger partial charge in [0.15, 0.2) is 0 Å². The average molecular weight is 375 g/mol. The molecule has 0 radical (unpaired) electrons. The number of rotatable bonds is 4. The molecule has 0 aliphatic carbocycles. The molecule has 2 aliphatic heterocycles. The fourth-order valence-corrected chi connectivity index (χ4v) is 4.06. The summed E-state index contributed by atoms with van der Waals surface area (Å²) in [4.78, 5) is 27.1. The van der Waals surface area contributed by atoms with Gasteiger partial charge in [0.05, 0.1) is 0 Å². The van der Waals surface area contributed by atoms with E-state index in [1.54, 1.807) is 13.0 Å². The van der Waals surface area contributed by atoms with Crippen molar-refractivity contribution in [2.45, 2.75) is 52.1 Å². The molecule has 2 aliphatic rings. The Morgan fingerprint density at radius 1 is 1.22 bits per heavy atom. The van der Waals surface area contributed by atoms with Gasteiger partial charge in [0.2, 0.25) is 11.8 Å². The Hall–Kier alpha value is -1.95. The quantitative estimate of drug-likeness (QED) is 0.849. The average Bonchev–Trinajstić information content (AvgIpc) is 2.68. The highest BCUT2D eigenvalue weighted by atomic mass is 19.1. The Kier molecular flexibility index (Phi) is 6.47. The molecule has 2 heterocycles. The first-order chi connectivity index (χ1) is 12.9. The van der Waals surface area contributed by atoms with E-state index in [4.69, 9.17) is 0 Å². The molecular weight excluding hydrogens is 345 g/mol. The zero-order valence-electron chi connectivity index (χ0n) is 16.3. The van der Waals surface area contributed by atoms with Crippen LogP contribution in [0.2, 0.25) is 0 Å². The molecule has 6 heteroatoms. The van der Waals surface area contributed by atoms with E-state index in [2.05, 4.69) is 17.6 Å². The summed E-state index contributed by atoms with van der Waals surface area (Å²) in [5, 5.41) is 6.29. The summed E-state index contributed by atoms with van der Waals surface area (Å²) in [7, 11) is 0. The molecule has 2 amide bonds. The van der Waals surface area contributed by atoms with Crippen LogP contribution in [0.3, 0.4) is 0 Å². The van der Waals surface area contributed by atoms with E-state index in [9.17, 15) is 14.0 Å². The number of aryl methyl sites for hydroxylation is 1. The van der Waals surface area contributed by atoms with Crippen molar-refractivity contribution < 1.29 is 14.0 Å². The molecule has 0 unspecified atom stereocenters. The molecule has 2 N–H and O–H groups in total. The van der Waals surface area contributed by atoms with E-state index in [0.29, 0.717) is 44.1 Å². The Balaban J connectivity index is 1.44. The zero-order chi connectivity index (χ0) is 19.4. The molecule has 5 nitrogen and oxygen atoms in total. The van der Waals surface area contributed by atoms with Gasteiger partial charge in [0.1, 0.15) is 5.82 Å². The number of carbonyl (C=O) groups is 2. The molecule has 2 atom stereocenters. The number of piperidine rings is 2. The van der Waals surface area contributed by atoms with Crippen LogP contribution in [0.4, 0.5) is 4.39 Å². The van der Waals surface area contributed by atoms with Gasteiger partial charge in [-0.15, -0.1) is 0 Å². The minimum Gasteiger partial charge on any atom is -0.352 e. The third-order valence-electron chi connectivity index (χ3n) is 5.85. The van der Waals surface area contributed by atoms with Crippen LogP contribution in [0, 0.1) is 24.6 Å². The third kappa shape index (κ3) is 5.06. The minimum atomic E-state index is -0.249. The molecule has 0 saturated carbocycles.